The number of halogens is 2. The molecule has 0 saturated carbocycles. The standard InChI is InChI=1S/C21H19F2N5O4S/c1-12-8-15(20(22)23)25-21(24-12)33-11-14-9-13(5-7-18(14)32-3)4-6-17(29)19-16(28(30)31)10-27(2)26-19/h4-10,20H,11H2,1-3H3/b6-4+. The quantitative estimate of drug-likeness (QED) is 0.111. The highest BCUT2D eigenvalue weighted by Crippen LogP contribution is 2.29. The Morgan fingerprint density at radius 1 is 1.33 bits per heavy atom. The number of carbonyl (C=O) groups excluding carboxylic acids is 1. The van der Waals surface area contributed by atoms with Crippen molar-refractivity contribution < 1.29 is 23.2 Å². The lowest BCUT2D eigenvalue weighted by Gasteiger charge is -2.10. The smallest absolute Gasteiger partial charge is 0.318 e. The summed E-state index contributed by atoms with van der Waals surface area (Å²) in [6.45, 7) is 1.62. The predicted octanol–water partition coefficient (Wildman–Crippen LogP) is 4.56. The maximum absolute atomic E-state index is 13.0. The molecule has 9 nitrogen and oxygen atoms in total. The number of aromatic nitrogens is 4. The summed E-state index contributed by atoms with van der Waals surface area (Å²) in [4.78, 5) is 30.9. The first kappa shape index (κ1) is 24.0. The molecule has 3 aromatic rings. The normalized spacial score (nSPS) is 11.3. The third kappa shape index (κ3) is 5.98. The average molecular weight is 475 g/mol. The van der Waals surface area contributed by atoms with E-state index in [0.29, 0.717) is 22.8 Å². The first-order chi connectivity index (χ1) is 15.7. The van der Waals surface area contributed by atoms with Gasteiger partial charge in [0.1, 0.15) is 17.6 Å². The molecule has 1 aromatic carbocycles. The third-order valence-electron chi connectivity index (χ3n) is 4.41. The van der Waals surface area contributed by atoms with Crippen molar-refractivity contribution in [3.63, 3.8) is 0 Å². The molecule has 0 aliphatic carbocycles. The topological polar surface area (TPSA) is 113 Å². The fraction of sp³-hybridized carbons (Fsp3) is 0.238. The summed E-state index contributed by atoms with van der Waals surface area (Å²) < 4.78 is 32.6. The Balaban J connectivity index is 1.80. The van der Waals surface area contributed by atoms with Crippen molar-refractivity contribution in [1.82, 2.24) is 19.7 Å². The highest BCUT2D eigenvalue weighted by atomic mass is 32.2. The lowest BCUT2D eigenvalue weighted by molar-refractivity contribution is -0.385. The Hall–Kier alpha value is -3.67. The first-order valence-corrected chi connectivity index (χ1v) is 10.5. The van der Waals surface area contributed by atoms with Gasteiger partial charge in [-0.05, 0) is 36.8 Å². The van der Waals surface area contributed by atoms with Crippen molar-refractivity contribution in [1.29, 1.82) is 0 Å². The molecule has 0 radical (unpaired) electrons. The second-order valence-corrected chi connectivity index (χ2v) is 7.81. The number of nitro groups is 1. The molecule has 0 bridgehead atoms. The molecule has 3 rings (SSSR count). The average Bonchev–Trinajstić information content (AvgIpc) is 3.18. The van der Waals surface area contributed by atoms with Crippen LogP contribution in [0.5, 0.6) is 5.75 Å². The van der Waals surface area contributed by atoms with Gasteiger partial charge in [0.05, 0.1) is 12.0 Å². The number of benzene rings is 1. The Morgan fingerprint density at radius 2 is 2.09 bits per heavy atom. The summed E-state index contributed by atoms with van der Waals surface area (Å²) in [6.07, 6.45) is 1.18. The summed E-state index contributed by atoms with van der Waals surface area (Å²) in [5.41, 5.74) is 0.834. The van der Waals surface area contributed by atoms with Gasteiger partial charge in [0, 0.05) is 24.1 Å². The van der Waals surface area contributed by atoms with E-state index < -0.39 is 17.1 Å². The number of hydrogen-bond donors (Lipinski definition) is 0. The van der Waals surface area contributed by atoms with E-state index in [1.807, 2.05) is 0 Å². The van der Waals surface area contributed by atoms with Crippen LogP contribution in [0, 0.1) is 17.0 Å². The maximum Gasteiger partial charge on any atom is 0.318 e. The van der Waals surface area contributed by atoms with Crippen LogP contribution in [0.25, 0.3) is 6.08 Å². The highest BCUT2D eigenvalue weighted by Gasteiger charge is 2.23. The van der Waals surface area contributed by atoms with Crippen molar-refractivity contribution >= 4 is 29.3 Å². The van der Waals surface area contributed by atoms with Crippen LogP contribution >= 0.6 is 11.8 Å². The van der Waals surface area contributed by atoms with E-state index in [9.17, 15) is 23.7 Å². The molecule has 0 N–H and O–H groups in total. The Bertz CT molecular complexity index is 1230. The Labute approximate surface area is 191 Å². The second-order valence-electron chi connectivity index (χ2n) is 6.87. The highest BCUT2D eigenvalue weighted by molar-refractivity contribution is 7.98. The van der Waals surface area contributed by atoms with Crippen LogP contribution in [-0.4, -0.2) is 37.6 Å². The van der Waals surface area contributed by atoms with Gasteiger partial charge in [-0.15, -0.1) is 0 Å². The molecule has 0 unspecified atom stereocenters. The second kappa shape index (κ2) is 10.3. The lowest BCUT2D eigenvalue weighted by Crippen LogP contribution is -2.01. The van der Waals surface area contributed by atoms with Crippen molar-refractivity contribution in [2.75, 3.05) is 7.11 Å². The summed E-state index contributed by atoms with van der Waals surface area (Å²) >= 11 is 1.17. The van der Waals surface area contributed by atoms with E-state index in [-0.39, 0.29) is 22.2 Å². The molecule has 0 aliphatic heterocycles. The van der Waals surface area contributed by atoms with Crippen LogP contribution in [0.3, 0.4) is 0 Å². The van der Waals surface area contributed by atoms with Gasteiger partial charge in [-0.25, -0.2) is 18.7 Å². The number of alkyl halides is 2. The zero-order chi connectivity index (χ0) is 24.1. The Kier molecular flexibility index (Phi) is 7.48. The molecule has 0 spiro atoms. The molecule has 0 fully saturated rings. The van der Waals surface area contributed by atoms with Gasteiger partial charge in [-0.3, -0.25) is 19.6 Å². The zero-order valence-electron chi connectivity index (χ0n) is 17.9. The van der Waals surface area contributed by atoms with Gasteiger partial charge in [0.2, 0.25) is 11.5 Å². The number of allylic oxidation sites excluding steroid dienone is 1. The first-order valence-electron chi connectivity index (χ1n) is 9.51. The lowest BCUT2D eigenvalue weighted by atomic mass is 10.1. The SMILES string of the molecule is COc1ccc(/C=C/C(=O)c2nn(C)cc2[N+](=O)[O-])cc1CSc1nc(C)cc(C(F)F)n1. The number of ketones is 1. The summed E-state index contributed by atoms with van der Waals surface area (Å²) in [6, 6.07) is 6.41. The predicted molar refractivity (Wildman–Crippen MR) is 118 cm³/mol. The molecule has 0 aliphatic rings. The minimum absolute atomic E-state index is 0.214. The van der Waals surface area contributed by atoms with E-state index in [0.717, 1.165) is 11.8 Å². The summed E-state index contributed by atoms with van der Waals surface area (Å²) in [7, 11) is 2.99. The van der Waals surface area contributed by atoms with E-state index in [4.69, 9.17) is 4.74 Å². The van der Waals surface area contributed by atoms with Crippen LogP contribution in [0.4, 0.5) is 14.5 Å². The maximum atomic E-state index is 13.0. The number of carbonyl (C=O) groups is 1. The van der Waals surface area contributed by atoms with Crippen molar-refractivity contribution in [2.24, 2.45) is 7.05 Å². The largest absolute Gasteiger partial charge is 0.496 e. The van der Waals surface area contributed by atoms with E-state index in [1.54, 1.807) is 25.1 Å². The van der Waals surface area contributed by atoms with E-state index >= 15 is 0 Å². The fourth-order valence-corrected chi connectivity index (χ4v) is 3.82. The number of nitrogens with zero attached hydrogens (tertiary/aromatic N) is 5. The van der Waals surface area contributed by atoms with Crippen LogP contribution < -0.4 is 4.74 Å². The summed E-state index contributed by atoms with van der Waals surface area (Å²) in [5, 5.41) is 15.2. The van der Waals surface area contributed by atoms with Crippen molar-refractivity contribution in [3.8, 4) is 5.75 Å². The molecule has 172 valence electrons. The van der Waals surface area contributed by atoms with Crippen LogP contribution in [0.1, 0.15) is 39.4 Å². The van der Waals surface area contributed by atoms with Gasteiger partial charge in [0.15, 0.2) is 5.16 Å². The zero-order valence-corrected chi connectivity index (χ0v) is 18.7. The minimum Gasteiger partial charge on any atom is -0.496 e. The molecular weight excluding hydrogens is 456 g/mol. The van der Waals surface area contributed by atoms with Crippen molar-refractivity contribution in [3.05, 3.63) is 74.9 Å². The molecule has 0 saturated heterocycles. The van der Waals surface area contributed by atoms with E-state index in [1.165, 1.54) is 48.8 Å². The number of ether oxygens (including phenoxy) is 1. The van der Waals surface area contributed by atoms with Gasteiger partial charge in [-0.2, -0.15) is 5.10 Å². The minimum atomic E-state index is -2.69. The number of methoxy groups -OCH3 is 1. The molecule has 2 heterocycles. The number of rotatable bonds is 9. The van der Waals surface area contributed by atoms with Gasteiger partial charge in [-0.1, -0.05) is 23.9 Å². The number of aryl methyl sites for hydroxylation is 2. The third-order valence-corrected chi connectivity index (χ3v) is 5.30. The number of hydrogen-bond acceptors (Lipinski definition) is 8. The Morgan fingerprint density at radius 3 is 2.76 bits per heavy atom. The van der Waals surface area contributed by atoms with Crippen LogP contribution in [-0.2, 0) is 12.8 Å². The summed E-state index contributed by atoms with van der Waals surface area (Å²) in [5.74, 6) is 0.284. The number of thioether (sulfide) groups is 1. The molecular formula is C21H19F2N5O4S. The molecule has 2 aromatic heterocycles. The van der Waals surface area contributed by atoms with Gasteiger partial charge >= 0.3 is 5.69 Å². The van der Waals surface area contributed by atoms with Crippen molar-refractivity contribution in [2.45, 2.75) is 24.3 Å². The van der Waals surface area contributed by atoms with Gasteiger partial charge in [0.25, 0.3) is 6.43 Å². The molecule has 0 amide bonds. The molecule has 33 heavy (non-hydrogen) atoms. The van der Waals surface area contributed by atoms with Gasteiger partial charge < -0.3 is 4.74 Å². The van der Waals surface area contributed by atoms with Crippen LogP contribution in [0.15, 0.2) is 41.7 Å². The van der Waals surface area contributed by atoms with Crippen LogP contribution in [0.2, 0.25) is 0 Å². The van der Waals surface area contributed by atoms with E-state index in [2.05, 4.69) is 15.1 Å². The monoisotopic (exact) mass is 475 g/mol. The molecule has 0 atom stereocenters. The molecule has 12 heteroatoms. The fourth-order valence-electron chi connectivity index (χ4n) is 2.93.